The molecule has 0 bridgehead atoms. The fourth-order valence-corrected chi connectivity index (χ4v) is 1.06. The molecule has 0 aliphatic heterocycles. The zero-order valence-corrected chi connectivity index (χ0v) is 7.62. The number of aliphatic hydroxyl groups is 1. The highest BCUT2D eigenvalue weighted by molar-refractivity contribution is 5.71. The smallest absolute Gasteiger partial charge is 0.332 e. The second kappa shape index (κ2) is 7.10. The number of carbonyl (C=O) groups is 1. The van der Waals surface area contributed by atoms with Crippen LogP contribution in [0.25, 0.3) is 0 Å². The maximum Gasteiger partial charge on any atom is 0.332 e. The monoisotopic (exact) mass is 174 g/mol. The van der Waals surface area contributed by atoms with E-state index >= 15 is 0 Å². The van der Waals surface area contributed by atoms with Crippen molar-refractivity contribution in [3.63, 3.8) is 0 Å². The molecule has 0 heterocycles. The van der Waals surface area contributed by atoms with Gasteiger partial charge >= 0.3 is 5.97 Å². The van der Waals surface area contributed by atoms with E-state index in [1.165, 1.54) is 12.8 Å². The van der Waals surface area contributed by atoms with Crippen molar-refractivity contribution < 1.29 is 15.0 Å². The lowest BCUT2D eigenvalue weighted by molar-refractivity contribution is -0.146. The molecule has 0 aromatic heterocycles. The number of carboxylic acids is 1. The van der Waals surface area contributed by atoms with Crippen LogP contribution in [-0.2, 0) is 4.79 Å². The molecule has 0 aliphatic carbocycles. The molecular formula is C9H18O3. The summed E-state index contributed by atoms with van der Waals surface area (Å²) >= 11 is 0. The molecule has 12 heavy (non-hydrogen) atoms. The molecule has 0 rings (SSSR count). The van der Waals surface area contributed by atoms with Gasteiger partial charge in [0.05, 0.1) is 0 Å². The van der Waals surface area contributed by atoms with Gasteiger partial charge in [-0.3, -0.25) is 0 Å². The van der Waals surface area contributed by atoms with E-state index in [1.807, 2.05) is 0 Å². The minimum Gasteiger partial charge on any atom is -0.479 e. The molecule has 72 valence electrons. The first kappa shape index (κ1) is 11.4. The van der Waals surface area contributed by atoms with Gasteiger partial charge < -0.3 is 10.2 Å². The van der Waals surface area contributed by atoms with Crippen LogP contribution in [0.3, 0.4) is 0 Å². The fourth-order valence-electron chi connectivity index (χ4n) is 1.06. The number of aliphatic carboxylic acids is 1. The van der Waals surface area contributed by atoms with E-state index in [4.69, 9.17) is 10.2 Å². The van der Waals surface area contributed by atoms with Gasteiger partial charge in [-0.05, 0) is 6.42 Å². The molecule has 1 atom stereocenters. The standard InChI is InChI=1S/C9H18O3/c1-2-3-4-5-6-7-8(10)9(11)12/h8,10H,2-7H2,1H3,(H,11,12)/t8-/m1/s1. The molecule has 0 amide bonds. The molecular weight excluding hydrogens is 156 g/mol. The average molecular weight is 174 g/mol. The lowest BCUT2D eigenvalue weighted by Gasteiger charge is -2.03. The summed E-state index contributed by atoms with van der Waals surface area (Å²) in [6.45, 7) is 2.13. The Morgan fingerprint density at radius 3 is 2.33 bits per heavy atom. The zero-order chi connectivity index (χ0) is 9.40. The van der Waals surface area contributed by atoms with Crippen LogP contribution in [0.1, 0.15) is 45.4 Å². The molecule has 0 saturated carbocycles. The maximum absolute atomic E-state index is 10.2. The number of unbranched alkanes of at least 4 members (excludes halogenated alkanes) is 4. The summed E-state index contributed by atoms with van der Waals surface area (Å²) in [5.74, 6) is -1.11. The molecule has 0 spiro atoms. The number of aliphatic hydroxyl groups excluding tert-OH is 1. The molecule has 0 radical (unpaired) electrons. The van der Waals surface area contributed by atoms with E-state index in [-0.39, 0.29) is 0 Å². The summed E-state index contributed by atoms with van der Waals surface area (Å²) < 4.78 is 0. The first-order valence-corrected chi connectivity index (χ1v) is 4.59. The maximum atomic E-state index is 10.2. The van der Waals surface area contributed by atoms with Crippen LogP contribution < -0.4 is 0 Å². The van der Waals surface area contributed by atoms with Gasteiger partial charge in [-0.2, -0.15) is 0 Å². The number of carboxylic acid groups (broad SMARTS) is 1. The predicted octanol–water partition coefficient (Wildman–Crippen LogP) is 1.79. The van der Waals surface area contributed by atoms with Crippen molar-refractivity contribution in [3.8, 4) is 0 Å². The van der Waals surface area contributed by atoms with Gasteiger partial charge in [-0.1, -0.05) is 39.0 Å². The second-order valence-electron chi connectivity index (χ2n) is 3.06. The Kier molecular flexibility index (Phi) is 6.76. The highest BCUT2D eigenvalue weighted by Crippen LogP contribution is 2.06. The van der Waals surface area contributed by atoms with Crippen molar-refractivity contribution in [1.82, 2.24) is 0 Å². The van der Waals surface area contributed by atoms with Gasteiger partial charge in [0, 0.05) is 0 Å². The van der Waals surface area contributed by atoms with E-state index in [2.05, 4.69) is 6.92 Å². The number of hydrogen-bond donors (Lipinski definition) is 2. The molecule has 3 heteroatoms. The molecule has 2 N–H and O–H groups in total. The van der Waals surface area contributed by atoms with Crippen molar-refractivity contribution in [1.29, 1.82) is 0 Å². The van der Waals surface area contributed by atoms with Gasteiger partial charge in [-0.15, -0.1) is 0 Å². The lowest BCUT2D eigenvalue weighted by atomic mass is 10.1. The minimum atomic E-state index is -1.16. The van der Waals surface area contributed by atoms with Crippen LogP contribution in [0.4, 0.5) is 0 Å². The van der Waals surface area contributed by atoms with E-state index in [0.717, 1.165) is 19.3 Å². The van der Waals surface area contributed by atoms with Gasteiger partial charge in [-0.25, -0.2) is 4.79 Å². The molecule has 0 saturated heterocycles. The third-order valence-electron chi connectivity index (χ3n) is 1.87. The quantitative estimate of drug-likeness (QED) is 0.578. The zero-order valence-electron chi connectivity index (χ0n) is 7.62. The summed E-state index contributed by atoms with van der Waals surface area (Å²) in [4.78, 5) is 10.2. The van der Waals surface area contributed by atoms with E-state index in [1.54, 1.807) is 0 Å². The van der Waals surface area contributed by atoms with Crippen molar-refractivity contribution in [2.24, 2.45) is 0 Å². The number of hydrogen-bond acceptors (Lipinski definition) is 2. The van der Waals surface area contributed by atoms with Crippen molar-refractivity contribution in [3.05, 3.63) is 0 Å². The van der Waals surface area contributed by atoms with Crippen molar-refractivity contribution in [2.75, 3.05) is 0 Å². The Morgan fingerprint density at radius 1 is 1.25 bits per heavy atom. The lowest BCUT2D eigenvalue weighted by Crippen LogP contribution is -2.18. The van der Waals surface area contributed by atoms with E-state index in [0.29, 0.717) is 6.42 Å². The van der Waals surface area contributed by atoms with Crippen molar-refractivity contribution >= 4 is 5.97 Å². The van der Waals surface area contributed by atoms with Crippen molar-refractivity contribution in [2.45, 2.75) is 51.6 Å². The summed E-state index contributed by atoms with van der Waals surface area (Å²) in [5, 5.41) is 17.2. The fraction of sp³-hybridized carbons (Fsp3) is 0.889. The Bertz CT molecular complexity index is 123. The van der Waals surface area contributed by atoms with Crippen LogP contribution in [0.5, 0.6) is 0 Å². The van der Waals surface area contributed by atoms with Crippen LogP contribution in [-0.4, -0.2) is 22.3 Å². The Hall–Kier alpha value is -0.570. The normalized spacial score (nSPS) is 12.8. The number of rotatable bonds is 7. The van der Waals surface area contributed by atoms with Gasteiger partial charge in [0.25, 0.3) is 0 Å². The van der Waals surface area contributed by atoms with Crippen LogP contribution in [0, 0.1) is 0 Å². The third kappa shape index (κ3) is 6.16. The molecule has 0 fully saturated rings. The Morgan fingerprint density at radius 2 is 1.83 bits per heavy atom. The molecule has 0 unspecified atom stereocenters. The summed E-state index contributed by atoms with van der Waals surface area (Å²) in [6, 6.07) is 0. The summed E-state index contributed by atoms with van der Waals surface area (Å²) in [7, 11) is 0. The molecule has 0 aromatic rings. The van der Waals surface area contributed by atoms with Gasteiger partial charge in [0.1, 0.15) is 0 Å². The summed E-state index contributed by atoms with van der Waals surface area (Å²) in [6.07, 6.45) is 4.59. The van der Waals surface area contributed by atoms with Crippen LogP contribution in [0.2, 0.25) is 0 Å². The first-order valence-electron chi connectivity index (χ1n) is 4.59. The molecule has 0 aliphatic rings. The minimum absolute atomic E-state index is 0.388. The molecule has 0 aromatic carbocycles. The Balaban J connectivity index is 3.14. The van der Waals surface area contributed by atoms with Crippen LogP contribution >= 0.6 is 0 Å². The SMILES string of the molecule is CCCCCCC[C@@H](O)C(=O)O. The Labute approximate surface area is 73.4 Å². The summed E-state index contributed by atoms with van der Waals surface area (Å²) in [5.41, 5.74) is 0. The van der Waals surface area contributed by atoms with E-state index in [9.17, 15) is 4.79 Å². The largest absolute Gasteiger partial charge is 0.479 e. The molecule has 3 nitrogen and oxygen atoms in total. The predicted molar refractivity (Wildman–Crippen MR) is 47.0 cm³/mol. The topological polar surface area (TPSA) is 57.5 Å². The van der Waals surface area contributed by atoms with E-state index < -0.39 is 12.1 Å². The second-order valence-corrected chi connectivity index (χ2v) is 3.06. The average Bonchev–Trinajstić information content (AvgIpc) is 2.03. The highest BCUT2D eigenvalue weighted by Gasteiger charge is 2.11. The van der Waals surface area contributed by atoms with Crippen LogP contribution in [0.15, 0.2) is 0 Å². The third-order valence-corrected chi connectivity index (χ3v) is 1.87. The van der Waals surface area contributed by atoms with Gasteiger partial charge in [0.2, 0.25) is 0 Å². The van der Waals surface area contributed by atoms with Gasteiger partial charge in [0.15, 0.2) is 6.10 Å². The first-order chi connectivity index (χ1) is 5.68. The highest BCUT2D eigenvalue weighted by atomic mass is 16.4.